The molecule has 3 rings (SSSR count). The number of rotatable bonds is 4. The summed E-state index contributed by atoms with van der Waals surface area (Å²) in [6.07, 6.45) is 3.17. The van der Waals surface area contributed by atoms with Gasteiger partial charge in [-0.2, -0.15) is 5.10 Å². The number of hydrazone groups is 1. The molecule has 1 aromatic carbocycles. The monoisotopic (exact) mass is 337 g/mol. The number of hydrogen-bond acceptors (Lipinski definition) is 5. The van der Waals surface area contributed by atoms with Crippen molar-refractivity contribution in [2.24, 2.45) is 5.10 Å². The van der Waals surface area contributed by atoms with E-state index in [0.29, 0.717) is 20.9 Å². The standard InChI is InChI=1S/C14H9Cl2N3OS/c15-11-4-3-9(6-12(11)16)13-8-21-14(18-13)19-17-7-10-2-1-5-20-10/h1-8H,(H,18,19)/b17-7+. The van der Waals surface area contributed by atoms with E-state index in [1.165, 1.54) is 11.3 Å². The van der Waals surface area contributed by atoms with Crippen molar-refractivity contribution in [1.82, 2.24) is 4.98 Å². The molecule has 21 heavy (non-hydrogen) atoms. The van der Waals surface area contributed by atoms with Gasteiger partial charge in [0.1, 0.15) is 5.76 Å². The molecular weight excluding hydrogens is 329 g/mol. The van der Waals surface area contributed by atoms with Crippen LogP contribution in [0.25, 0.3) is 11.3 Å². The van der Waals surface area contributed by atoms with Crippen LogP contribution < -0.4 is 5.43 Å². The summed E-state index contributed by atoms with van der Waals surface area (Å²) < 4.78 is 5.14. The number of nitrogens with zero attached hydrogens (tertiary/aromatic N) is 2. The van der Waals surface area contributed by atoms with E-state index in [9.17, 15) is 0 Å². The summed E-state index contributed by atoms with van der Waals surface area (Å²) in [6.45, 7) is 0. The quantitative estimate of drug-likeness (QED) is 0.528. The lowest BCUT2D eigenvalue weighted by atomic mass is 10.2. The first-order valence-corrected chi connectivity index (χ1v) is 7.59. The van der Waals surface area contributed by atoms with Crippen molar-refractivity contribution >= 4 is 45.9 Å². The smallest absolute Gasteiger partial charge is 0.203 e. The minimum atomic E-state index is 0.507. The zero-order valence-electron chi connectivity index (χ0n) is 10.6. The Morgan fingerprint density at radius 1 is 1.24 bits per heavy atom. The summed E-state index contributed by atoms with van der Waals surface area (Å²) in [7, 11) is 0. The average molecular weight is 338 g/mol. The van der Waals surface area contributed by atoms with Gasteiger partial charge in [-0.1, -0.05) is 29.3 Å². The SMILES string of the molecule is Clc1ccc(-c2csc(N/N=C/c3ccco3)n2)cc1Cl. The molecule has 0 atom stereocenters. The van der Waals surface area contributed by atoms with Gasteiger partial charge in [0.15, 0.2) is 0 Å². The topological polar surface area (TPSA) is 50.4 Å². The normalized spacial score (nSPS) is 11.1. The second-order valence-electron chi connectivity index (χ2n) is 4.05. The van der Waals surface area contributed by atoms with Crippen LogP contribution in [-0.4, -0.2) is 11.2 Å². The van der Waals surface area contributed by atoms with E-state index in [-0.39, 0.29) is 0 Å². The number of hydrogen-bond donors (Lipinski definition) is 1. The maximum atomic E-state index is 6.01. The van der Waals surface area contributed by atoms with Crippen molar-refractivity contribution in [3.8, 4) is 11.3 Å². The van der Waals surface area contributed by atoms with E-state index in [1.807, 2.05) is 17.5 Å². The van der Waals surface area contributed by atoms with Gasteiger partial charge in [0.05, 0.1) is 28.2 Å². The van der Waals surface area contributed by atoms with Crippen LogP contribution in [0.15, 0.2) is 51.5 Å². The molecule has 106 valence electrons. The van der Waals surface area contributed by atoms with Gasteiger partial charge < -0.3 is 4.42 Å². The van der Waals surface area contributed by atoms with E-state index in [1.54, 1.807) is 30.7 Å². The Labute approximate surface area is 135 Å². The first kappa shape index (κ1) is 14.1. The molecule has 3 aromatic rings. The minimum absolute atomic E-state index is 0.507. The summed E-state index contributed by atoms with van der Waals surface area (Å²) in [5, 5.41) is 7.69. The lowest BCUT2D eigenvalue weighted by Crippen LogP contribution is -1.89. The third kappa shape index (κ3) is 3.44. The van der Waals surface area contributed by atoms with Crippen LogP contribution in [0.2, 0.25) is 10.0 Å². The van der Waals surface area contributed by atoms with E-state index in [2.05, 4.69) is 15.5 Å². The summed E-state index contributed by atoms with van der Waals surface area (Å²) in [4.78, 5) is 4.43. The Morgan fingerprint density at radius 3 is 2.90 bits per heavy atom. The van der Waals surface area contributed by atoms with Gasteiger partial charge in [0, 0.05) is 10.9 Å². The fourth-order valence-corrected chi connectivity index (χ4v) is 2.60. The Bertz CT molecular complexity index is 768. The average Bonchev–Trinajstić information content (AvgIpc) is 3.13. The molecule has 0 amide bonds. The molecular formula is C14H9Cl2N3OS. The predicted octanol–water partition coefficient (Wildman–Crippen LogP) is 5.16. The van der Waals surface area contributed by atoms with Crippen LogP contribution in [0.1, 0.15) is 5.76 Å². The highest BCUT2D eigenvalue weighted by Crippen LogP contribution is 2.30. The number of aromatic nitrogens is 1. The lowest BCUT2D eigenvalue weighted by molar-refractivity contribution is 0.560. The Balaban J connectivity index is 1.72. The van der Waals surface area contributed by atoms with Crippen LogP contribution >= 0.6 is 34.5 Å². The first-order chi connectivity index (χ1) is 10.2. The van der Waals surface area contributed by atoms with Crippen LogP contribution in [0, 0.1) is 0 Å². The third-order valence-electron chi connectivity index (χ3n) is 2.61. The second kappa shape index (κ2) is 6.30. The number of anilines is 1. The zero-order chi connectivity index (χ0) is 14.7. The largest absolute Gasteiger partial charge is 0.463 e. The van der Waals surface area contributed by atoms with Gasteiger partial charge in [0.25, 0.3) is 0 Å². The Kier molecular flexibility index (Phi) is 4.24. The van der Waals surface area contributed by atoms with Crippen molar-refractivity contribution in [1.29, 1.82) is 0 Å². The number of halogens is 2. The van der Waals surface area contributed by atoms with Crippen molar-refractivity contribution < 1.29 is 4.42 Å². The molecule has 7 heteroatoms. The molecule has 2 aromatic heterocycles. The van der Waals surface area contributed by atoms with Gasteiger partial charge in [-0.3, -0.25) is 5.43 Å². The molecule has 2 heterocycles. The number of furan rings is 1. The van der Waals surface area contributed by atoms with Crippen molar-refractivity contribution in [3.05, 3.63) is 57.8 Å². The van der Waals surface area contributed by atoms with Crippen molar-refractivity contribution in [3.63, 3.8) is 0 Å². The summed E-state index contributed by atoms with van der Waals surface area (Å²) >= 11 is 13.4. The maximum absolute atomic E-state index is 6.01. The first-order valence-electron chi connectivity index (χ1n) is 5.96. The molecule has 0 fully saturated rings. The molecule has 0 aliphatic carbocycles. The molecule has 0 spiro atoms. The van der Waals surface area contributed by atoms with Gasteiger partial charge in [-0.15, -0.1) is 11.3 Å². The predicted molar refractivity (Wildman–Crippen MR) is 87.5 cm³/mol. The molecule has 0 radical (unpaired) electrons. The fourth-order valence-electron chi connectivity index (χ4n) is 1.63. The van der Waals surface area contributed by atoms with E-state index < -0.39 is 0 Å². The maximum Gasteiger partial charge on any atom is 0.203 e. The molecule has 0 bridgehead atoms. The van der Waals surface area contributed by atoms with E-state index in [4.69, 9.17) is 27.6 Å². The Hall–Kier alpha value is -1.82. The zero-order valence-corrected chi connectivity index (χ0v) is 12.9. The molecule has 1 N–H and O–H groups in total. The molecule has 0 saturated heterocycles. The molecule has 0 unspecified atom stereocenters. The van der Waals surface area contributed by atoms with Crippen molar-refractivity contribution in [2.45, 2.75) is 0 Å². The molecule has 0 aliphatic rings. The number of benzene rings is 1. The second-order valence-corrected chi connectivity index (χ2v) is 5.72. The molecule has 0 aliphatic heterocycles. The van der Waals surface area contributed by atoms with E-state index in [0.717, 1.165) is 11.3 Å². The van der Waals surface area contributed by atoms with Crippen LogP contribution in [0.3, 0.4) is 0 Å². The van der Waals surface area contributed by atoms with Crippen LogP contribution in [0.4, 0.5) is 5.13 Å². The third-order valence-corrected chi connectivity index (χ3v) is 4.10. The highest BCUT2D eigenvalue weighted by molar-refractivity contribution is 7.14. The molecule has 0 saturated carbocycles. The highest BCUT2D eigenvalue weighted by atomic mass is 35.5. The van der Waals surface area contributed by atoms with Crippen LogP contribution in [0.5, 0.6) is 0 Å². The summed E-state index contributed by atoms with van der Waals surface area (Å²) in [5.74, 6) is 0.670. The van der Waals surface area contributed by atoms with Gasteiger partial charge in [-0.05, 0) is 24.3 Å². The summed E-state index contributed by atoms with van der Waals surface area (Å²) in [6, 6.07) is 9.02. The summed E-state index contributed by atoms with van der Waals surface area (Å²) in [5.41, 5.74) is 4.58. The van der Waals surface area contributed by atoms with Crippen LogP contribution in [-0.2, 0) is 0 Å². The van der Waals surface area contributed by atoms with Gasteiger partial charge >= 0.3 is 0 Å². The van der Waals surface area contributed by atoms with Crippen molar-refractivity contribution in [2.75, 3.05) is 5.43 Å². The lowest BCUT2D eigenvalue weighted by Gasteiger charge is -1.99. The number of thiazole rings is 1. The van der Waals surface area contributed by atoms with E-state index >= 15 is 0 Å². The highest BCUT2D eigenvalue weighted by Gasteiger charge is 2.06. The fraction of sp³-hybridized carbons (Fsp3) is 0. The Morgan fingerprint density at radius 2 is 2.14 bits per heavy atom. The minimum Gasteiger partial charge on any atom is -0.463 e. The van der Waals surface area contributed by atoms with Gasteiger partial charge in [0.2, 0.25) is 5.13 Å². The molecule has 4 nitrogen and oxygen atoms in total. The number of nitrogens with one attached hydrogen (secondary N) is 1. The van der Waals surface area contributed by atoms with Gasteiger partial charge in [-0.25, -0.2) is 4.98 Å².